The van der Waals surface area contributed by atoms with E-state index in [1.54, 1.807) is 17.2 Å². The Balaban J connectivity index is 1.75. The summed E-state index contributed by atoms with van der Waals surface area (Å²) in [6, 6.07) is 4.12. The lowest BCUT2D eigenvalue weighted by molar-refractivity contribution is -0.127. The fourth-order valence-electron chi connectivity index (χ4n) is 6.65. The number of amides is 1. The molecule has 2 aliphatic rings. The molecule has 4 aromatic rings. The van der Waals surface area contributed by atoms with Gasteiger partial charge < -0.3 is 20.2 Å². The van der Waals surface area contributed by atoms with Crippen molar-refractivity contribution in [1.29, 1.82) is 0 Å². The number of halogens is 3. The van der Waals surface area contributed by atoms with Crippen molar-refractivity contribution in [2.24, 2.45) is 0 Å². The van der Waals surface area contributed by atoms with Crippen molar-refractivity contribution in [2.75, 3.05) is 29.9 Å². The van der Waals surface area contributed by atoms with E-state index in [-0.39, 0.29) is 52.9 Å². The monoisotopic (exact) mass is 618 g/mol. The van der Waals surface area contributed by atoms with Crippen molar-refractivity contribution in [1.82, 2.24) is 19.4 Å². The van der Waals surface area contributed by atoms with Crippen LogP contribution in [0.2, 0.25) is 0 Å². The molecule has 2 unspecified atom stereocenters. The van der Waals surface area contributed by atoms with Gasteiger partial charge in [-0.05, 0) is 62.1 Å². The molecule has 1 saturated heterocycles. The highest BCUT2D eigenvalue weighted by Crippen LogP contribution is 2.45. The van der Waals surface area contributed by atoms with Crippen LogP contribution in [-0.2, 0) is 4.79 Å². The lowest BCUT2D eigenvalue weighted by atomic mass is 9.96. The summed E-state index contributed by atoms with van der Waals surface area (Å²) in [6.45, 7) is 12.1. The summed E-state index contributed by atoms with van der Waals surface area (Å²) < 4.78 is 47.8. The minimum atomic E-state index is -1.42. The third-order valence-electron chi connectivity index (χ3n) is 8.66. The van der Waals surface area contributed by atoms with Gasteiger partial charge in [-0.15, -0.1) is 0 Å². The molecule has 0 spiro atoms. The molecule has 2 N–H and O–H groups in total. The number of piperazine rings is 1. The number of pyridine rings is 1. The summed E-state index contributed by atoms with van der Waals surface area (Å²) in [7, 11) is 0. The zero-order valence-electron chi connectivity index (χ0n) is 25.4. The maximum absolute atomic E-state index is 16.7. The molecule has 1 amide bonds. The van der Waals surface area contributed by atoms with Gasteiger partial charge in [-0.25, -0.2) is 18.0 Å². The summed E-state index contributed by atoms with van der Waals surface area (Å²) in [6.07, 6.45) is 3.34. The van der Waals surface area contributed by atoms with Gasteiger partial charge in [0, 0.05) is 37.4 Å². The van der Waals surface area contributed by atoms with E-state index in [4.69, 9.17) is 0 Å². The van der Waals surface area contributed by atoms with Gasteiger partial charge in [0.25, 0.3) is 0 Å². The molecule has 45 heavy (non-hydrogen) atoms. The van der Waals surface area contributed by atoms with E-state index in [9.17, 15) is 19.1 Å². The third kappa shape index (κ3) is 4.79. The van der Waals surface area contributed by atoms with Crippen LogP contribution in [0.4, 0.5) is 24.7 Å². The Bertz CT molecular complexity index is 1940. The first-order valence-corrected chi connectivity index (χ1v) is 14.8. The van der Waals surface area contributed by atoms with Gasteiger partial charge in [0.1, 0.15) is 11.6 Å². The fourth-order valence-corrected chi connectivity index (χ4v) is 6.65. The maximum Gasteiger partial charge on any atom is 0.354 e. The molecule has 2 aromatic carbocycles. The van der Waals surface area contributed by atoms with E-state index in [0.29, 0.717) is 36.5 Å². The van der Waals surface area contributed by atoms with Gasteiger partial charge in [-0.2, -0.15) is 4.98 Å². The second-order valence-electron chi connectivity index (χ2n) is 11.9. The first-order valence-electron chi connectivity index (χ1n) is 14.8. The molecule has 0 saturated carbocycles. The number of aromatic hydroxyl groups is 1. The van der Waals surface area contributed by atoms with Gasteiger partial charge in [-0.1, -0.05) is 20.4 Å². The van der Waals surface area contributed by atoms with Crippen molar-refractivity contribution >= 4 is 28.3 Å². The van der Waals surface area contributed by atoms with E-state index in [1.165, 1.54) is 16.7 Å². The standard InChI is InChI=1S/C33H33F3N6O3/c1-6-24(44)40-14-18(5)41-19(15-40)10-12-38-30-26-22(13-20(27(30)35)25-23(43)8-7-21(34)28(25)36)42(33(45)39-32(26)41)31-17(4)9-11-37-29(31)16(2)3/h6-9,11,13,16,18-19,38,43H,1,10,12,14-15H2,2-5H3. The molecule has 0 aliphatic carbocycles. The van der Waals surface area contributed by atoms with Crippen LogP contribution in [0.3, 0.4) is 0 Å². The molecule has 9 nitrogen and oxygen atoms in total. The lowest BCUT2D eigenvalue weighted by Crippen LogP contribution is -2.60. The minimum Gasteiger partial charge on any atom is -0.507 e. The van der Waals surface area contributed by atoms with E-state index in [1.807, 2.05) is 32.6 Å². The predicted molar refractivity (Wildman–Crippen MR) is 167 cm³/mol. The second-order valence-corrected chi connectivity index (χ2v) is 11.9. The predicted octanol–water partition coefficient (Wildman–Crippen LogP) is 5.41. The van der Waals surface area contributed by atoms with Gasteiger partial charge in [-0.3, -0.25) is 14.3 Å². The first-order chi connectivity index (χ1) is 21.4. The number of phenols is 1. The number of benzene rings is 2. The van der Waals surface area contributed by atoms with Crippen LogP contribution >= 0.6 is 0 Å². The van der Waals surface area contributed by atoms with E-state index in [2.05, 4.69) is 21.9 Å². The molecule has 6 rings (SSSR count). The highest BCUT2D eigenvalue weighted by molar-refractivity contribution is 6.05. The SMILES string of the molecule is C=CC(=O)N1CC(C)N2c3nc(=O)n(-c4c(C)ccnc4C(C)C)c4cc(-c5c(O)ccc(F)c5F)c(F)c(c34)NCCC2C1. The highest BCUT2D eigenvalue weighted by Gasteiger charge is 2.38. The van der Waals surface area contributed by atoms with Crippen LogP contribution in [0.15, 0.2) is 47.9 Å². The molecule has 0 radical (unpaired) electrons. The summed E-state index contributed by atoms with van der Waals surface area (Å²) in [5.41, 5.74) is 0.0543. The van der Waals surface area contributed by atoms with Crippen molar-refractivity contribution in [3.05, 3.63) is 82.3 Å². The molecule has 2 aromatic heterocycles. The maximum atomic E-state index is 16.7. The quantitative estimate of drug-likeness (QED) is 0.295. The summed E-state index contributed by atoms with van der Waals surface area (Å²) >= 11 is 0. The molecular weight excluding hydrogens is 585 g/mol. The number of anilines is 2. The summed E-state index contributed by atoms with van der Waals surface area (Å²) in [5.74, 6) is -4.42. The lowest BCUT2D eigenvalue weighted by Gasteiger charge is -2.47. The zero-order chi connectivity index (χ0) is 32.3. The van der Waals surface area contributed by atoms with Crippen LogP contribution in [-0.4, -0.2) is 62.2 Å². The number of carbonyl (C=O) groups is 1. The average molecular weight is 619 g/mol. The number of aryl methyl sites for hydroxylation is 1. The van der Waals surface area contributed by atoms with E-state index >= 15 is 8.78 Å². The van der Waals surface area contributed by atoms with E-state index < -0.39 is 40.0 Å². The van der Waals surface area contributed by atoms with Crippen molar-refractivity contribution < 1.29 is 23.1 Å². The van der Waals surface area contributed by atoms with Crippen LogP contribution in [0.25, 0.3) is 27.7 Å². The molecule has 4 heterocycles. The first kappa shape index (κ1) is 30.2. The number of hydrogen-bond donors (Lipinski definition) is 2. The van der Waals surface area contributed by atoms with Crippen molar-refractivity contribution in [2.45, 2.75) is 52.1 Å². The Labute approximate surface area is 257 Å². The van der Waals surface area contributed by atoms with Crippen molar-refractivity contribution in [3.63, 3.8) is 0 Å². The van der Waals surface area contributed by atoms with Crippen LogP contribution in [0.5, 0.6) is 5.75 Å². The molecule has 0 bridgehead atoms. The van der Waals surface area contributed by atoms with Gasteiger partial charge in [0.2, 0.25) is 5.91 Å². The van der Waals surface area contributed by atoms with Crippen LogP contribution in [0, 0.1) is 24.4 Å². The van der Waals surface area contributed by atoms with Crippen LogP contribution in [0.1, 0.15) is 44.4 Å². The molecule has 234 valence electrons. The molecular formula is C33H33F3N6O3. The number of nitrogens with zero attached hydrogens (tertiary/aromatic N) is 5. The Morgan fingerprint density at radius 3 is 2.64 bits per heavy atom. The van der Waals surface area contributed by atoms with Gasteiger partial charge in [0.05, 0.1) is 39.6 Å². The minimum absolute atomic E-state index is 0.0651. The van der Waals surface area contributed by atoms with Crippen LogP contribution < -0.4 is 15.9 Å². The van der Waals surface area contributed by atoms with Gasteiger partial charge >= 0.3 is 5.69 Å². The smallest absolute Gasteiger partial charge is 0.354 e. The summed E-state index contributed by atoms with van der Waals surface area (Å²) in [5, 5.41) is 14.0. The Kier molecular flexibility index (Phi) is 7.54. The zero-order valence-corrected chi connectivity index (χ0v) is 25.4. The number of aromatic nitrogens is 3. The number of nitrogens with one attached hydrogen (secondary N) is 1. The molecule has 12 heteroatoms. The highest BCUT2D eigenvalue weighted by atomic mass is 19.2. The molecule has 2 aliphatic heterocycles. The summed E-state index contributed by atoms with van der Waals surface area (Å²) in [4.78, 5) is 39.5. The number of rotatable bonds is 4. The largest absolute Gasteiger partial charge is 0.507 e. The second kappa shape index (κ2) is 11.2. The number of hydrogen-bond acceptors (Lipinski definition) is 7. The van der Waals surface area contributed by atoms with Crippen molar-refractivity contribution in [3.8, 4) is 22.6 Å². The molecule has 2 atom stereocenters. The topological polar surface area (TPSA) is 104 Å². The average Bonchev–Trinajstić information content (AvgIpc) is 2.99. The third-order valence-corrected chi connectivity index (χ3v) is 8.66. The Morgan fingerprint density at radius 1 is 1.18 bits per heavy atom. The fraction of sp³-hybridized carbons (Fsp3) is 0.333. The molecule has 1 fully saturated rings. The van der Waals surface area contributed by atoms with E-state index in [0.717, 1.165) is 12.1 Å². The Hall–Kier alpha value is -4.87. The number of carbonyl (C=O) groups excluding carboxylic acids is 1. The number of fused-ring (bicyclic) bond motifs is 2. The Morgan fingerprint density at radius 2 is 1.93 bits per heavy atom. The van der Waals surface area contributed by atoms with Gasteiger partial charge in [0.15, 0.2) is 17.5 Å². The number of phenolic OH excluding ortho intramolecular Hbond substituents is 1. The normalized spacial score (nSPS) is 18.0.